The second-order valence-electron chi connectivity index (χ2n) is 2.86. The van der Waals surface area contributed by atoms with Crippen LogP contribution in [0.3, 0.4) is 0 Å². The van der Waals surface area contributed by atoms with Crippen molar-refractivity contribution in [3.05, 3.63) is 23.4 Å². The monoisotopic (exact) mass is 212 g/mol. The fourth-order valence-corrected chi connectivity index (χ4v) is 1.20. The molecule has 5 heteroatoms. The van der Waals surface area contributed by atoms with E-state index in [0.717, 1.165) is 6.42 Å². The summed E-state index contributed by atoms with van der Waals surface area (Å²) in [7, 11) is 0. The van der Waals surface area contributed by atoms with Gasteiger partial charge in [0.25, 0.3) is 5.82 Å². The molecule has 4 nitrogen and oxygen atoms in total. The van der Waals surface area contributed by atoms with Crippen LogP contribution in [-0.2, 0) is 4.79 Å². The van der Waals surface area contributed by atoms with Gasteiger partial charge in [-0.25, -0.2) is 14.8 Å². The number of hydrogen-bond donors (Lipinski definition) is 2. The zero-order chi connectivity index (χ0) is 10.6. The predicted molar refractivity (Wildman–Crippen MR) is 56.2 cm³/mol. The molecule has 0 aliphatic carbocycles. The Balaban J connectivity index is 2.76. The van der Waals surface area contributed by atoms with E-state index in [4.69, 9.17) is 0 Å². The first-order chi connectivity index (χ1) is 6.65. The number of anilines is 1. The van der Waals surface area contributed by atoms with Gasteiger partial charge >= 0.3 is 5.91 Å². The smallest absolute Gasteiger partial charge is 0.307 e. The predicted octanol–water partition coefficient (Wildman–Crippen LogP) is 1.35. The van der Waals surface area contributed by atoms with Crippen LogP contribution in [0.4, 0.5) is 5.82 Å². The Morgan fingerprint density at radius 2 is 2.36 bits per heavy atom. The average molecular weight is 212 g/mol. The molecular formula is C9H12N2O2S. The summed E-state index contributed by atoms with van der Waals surface area (Å²) in [4.78, 5) is 11.2. The minimum Gasteiger partial charge on any atom is -0.710 e. The number of nitrogens with zero attached hydrogens (tertiary/aromatic N) is 1. The zero-order valence-electron chi connectivity index (χ0n) is 7.86. The lowest BCUT2D eigenvalue weighted by Gasteiger charge is -2.09. The fourth-order valence-electron chi connectivity index (χ4n) is 1.01. The maximum Gasteiger partial charge on any atom is 0.307 e. The van der Waals surface area contributed by atoms with Crippen molar-refractivity contribution in [1.82, 2.24) is 0 Å². The van der Waals surface area contributed by atoms with Crippen molar-refractivity contribution >= 4 is 24.4 Å². The topological polar surface area (TPSA) is 56.0 Å². The molecule has 1 amide bonds. The number of thiol groups is 1. The molecule has 0 radical (unpaired) electrons. The third-order valence-corrected chi connectivity index (χ3v) is 2.00. The van der Waals surface area contributed by atoms with Gasteiger partial charge in [0.15, 0.2) is 5.03 Å². The molecule has 0 aliphatic heterocycles. The number of hydrogen-bond acceptors (Lipinski definition) is 3. The number of amides is 1. The van der Waals surface area contributed by atoms with Gasteiger partial charge < -0.3 is 5.21 Å². The van der Waals surface area contributed by atoms with Crippen molar-refractivity contribution in [1.29, 1.82) is 0 Å². The molecule has 0 aromatic carbocycles. The van der Waals surface area contributed by atoms with Crippen LogP contribution in [0.2, 0.25) is 0 Å². The van der Waals surface area contributed by atoms with E-state index < -0.39 is 0 Å². The summed E-state index contributed by atoms with van der Waals surface area (Å²) in [5, 5.41) is 14.1. The molecule has 14 heavy (non-hydrogen) atoms. The van der Waals surface area contributed by atoms with Crippen molar-refractivity contribution in [2.75, 3.05) is 5.32 Å². The summed E-state index contributed by atoms with van der Waals surface area (Å²) in [6.07, 6.45) is 1.17. The first-order valence-corrected chi connectivity index (χ1v) is 4.81. The Morgan fingerprint density at radius 3 is 3.00 bits per heavy atom. The fraction of sp³-hybridized carbons (Fsp3) is 0.333. The van der Waals surface area contributed by atoms with E-state index in [-0.39, 0.29) is 16.8 Å². The number of carbonyl (C=O) groups is 1. The zero-order valence-corrected chi connectivity index (χ0v) is 8.75. The first kappa shape index (κ1) is 10.8. The highest BCUT2D eigenvalue weighted by Crippen LogP contribution is 2.05. The van der Waals surface area contributed by atoms with Crippen LogP contribution in [-0.4, -0.2) is 5.91 Å². The van der Waals surface area contributed by atoms with E-state index >= 15 is 0 Å². The van der Waals surface area contributed by atoms with Gasteiger partial charge in [-0.1, -0.05) is 6.92 Å². The summed E-state index contributed by atoms with van der Waals surface area (Å²) >= 11 is 3.94. The average Bonchev–Trinajstić information content (AvgIpc) is 2.13. The molecule has 0 atom stereocenters. The van der Waals surface area contributed by atoms with E-state index in [1.807, 2.05) is 6.92 Å². The summed E-state index contributed by atoms with van der Waals surface area (Å²) < 4.78 is 0.580. The Morgan fingerprint density at radius 1 is 1.64 bits per heavy atom. The van der Waals surface area contributed by atoms with Crippen LogP contribution in [0.25, 0.3) is 0 Å². The molecule has 0 aliphatic rings. The van der Waals surface area contributed by atoms with E-state index in [2.05, 4.69) is 17.9 Å². The standard InChI is InChI=1S/C9H12N2O2S/c1-2-4-8(12)10-7-5-3-6-9(14)11(7)13/h3,5-6,14H,2,4H2,1H3,(H,10,12). The normalized spacial score (nSPS) is 9.86. The van der Waals surface area contributed by atoms with E-state index in [1.54, 1.807) is 18.2 Å². The van der Waals surface area contributed by atoms with Crippen LogP contribution in [0.5, 0.6) is 0 Å². The van der Waals surface area contributed by atoms with Gasteiger partial charge in [0.05, 0.1) is 0 Å². The van der Waals surface area contributed by atoms with Gasteiger partial charge in [0.2, 0.25) is 0 Å². The van der Waals surface area contributed by atoms with Crippen LogP contribution in [0.15, 0.2) is 23.2 Å². The van der Waals surface area contributed by atoms with Gasteiger partial charge in [0, 0.05) is 12.5 Å². The van der Waals surface area contributed by atoms with Gasteiger partial charge in [-0.15, -0.1) is 12.6 Å². The summed E-state index contributed by atoms with van der Waals surface area (Å²) in [5.74, 6) is 0.0620. The molecule has 1 aromatic rings. The van der Waals surface area contributed by atoms with Crippen molar-refractivity contribution in [3.63, 3.8) is 0 Å². The summed E-state index contributed by atoms with van der Waals surface area (Å²) in [6.45, 7) is 1.90. The highest BCUT2D eigenvalue weighted by Gasteiger charge is 2.10. The molecule has 1 heterocycles. The van der Waals surface area contributed by atoms with Gasteiger partial charge in [-0.2, -0.15) is 0 Å². The minimum absolute atomic E-state index is 0.156. The maximum absolute atomic E-state index is 11.3. The minimum atomic E-state index is -0.156. The molecular weight excluding hydrogens is 200 g/mol. The number of pyridine rings is 1. The molecule has 0 spiro atoms. The summed E-state index contributed by atoms with van der Waals surface area (Å²) in [6, 6.07) is 4.77. The quantitative estimate of drug-likeness (QED) is 0.451. The molecule has 0 fully saturated rings. The Labute approximate surface area is 87.9 Å². The summed E-state index contributed by atoms with van der Waals surface area (Å²) in [5.41, 5.74) is 0. The number of aromatic nitrogens is 1. The molecule has 0 bridgehead atoms. The number of carbonyl (C=O) groups excluding carboxylic acids is 1. The molecule has 1 N–H and O–H groups in total. The highest BCUT2D eigenvalue weighted by molar-refractivity contribution is 7.80. The third kappa shape index (κ3) is 2.63. The van der Waals surface area contributed by atoms with Crippen molar-refractivity contribution in [2.24, 2.45) is 0 Å². The highest BCUT2D eigenvalue weighted by atomic mass is 32.1. The van der Waals surface area contributed by atoms with E-state index in [1.165, 1.54) is 0 Å². The molecule has 0 saturated heterocycles. The SMILES string of the molecule is CCCC(=O)Nc1cccc(S)[n+]1[O-]. The maximum atomic E-state index is 11.3. The molecule has 0 unspecified atom stereocenters. The third-order valence-electron chi connectivity index (χ3n) is 1.67. The first-order valence-electron chi connectivity index (χ1n) is 4.36. The lowest BCUT2D eigenvalue weighted by Crippen LogP contribution is -2.34. The lowest BCUT2D eigenvalue weighted by atomic mass is 10.3. The van der Waals surface area contributed by atoms with Crippen LogP contribution < -0.4 is 10.0 Å². The van der Waals surface area contributed by atoms with Crippen LogP contribution in [0.1, 0.15) is 19.8 Å². The molecule has 0 saturated carbocycles. The lowest BCUT2D eigenvalue weighted by molar-refractivity contribution is -0.630. The molecule has 76 valence electrons. The van der Waals surface area contributed by atoms with Crippen LogP contribution in [0, 0.1) is 5.21 Å². The van der Waals surface area contributed by atoms with Crippen molar-refractivity contribution in [3.8, 4) is 0 Å². The Bertz CT molecular complexity index is 342. The van der Waals surface area contributed by atoms with E-state index in [9.17, 15) is 10.0 Å². The molecule has 1 rings (SSSR count). The molecule has 1 aromatic heterocycles. The van der Waals surface area contributed by atoms with Gasteiger partial charge in [-0.05, 0) is 18.6 Å². The largest absolute Gasteiger partial charge is 0.710 e. The Hall–Kier alpha value is -1.23. The Kier molecular flexibility index (Phi) is 3.76. The number of rotatable bonds is 3. The van der Waals surface area contributed by atoms with Gasteiger partial charge in [0.1, 0.15) is 0 Å². The van der Waals surface area contributed by atoms with Crippen molar-refractivity contribution in [2.45, 2.75) is 24.8 Å². The van der Waals surface area contributed by atoms with Crippen LogP contribution >= 0.6 is 12.6 Å². The second-order valence-corrected chi connectivity index (χ2v) is 3.32. The second kappa shape index (κ2) is 4.85. The van der Waals surface area contributed by atoms with Crippen molar-refractivity contribution < 1.29 is 9.52 Å². The van der Waals surface area contributed by atoms with E-state index in [0.29, 0.717) is 11.2 Å². The van der Waals surface area contributed by atoms with Gasteiger partial charge in [-0.3, -0.25) is 0 Å². The number of nitrogens with one attached hydrogen (secondary N) is 1.